The maximum atomic E-state index is 9.06. The third kappa shape index (κ3) is 1.59. The van der Waals surface area contributed by atoms with E-state index in [1.165, 1.54) is 11.1 Å². The van der Waals surface area contributed by atoms with Gasteiger partial charge in [0.05, 0.1) is 6.33 Å². The number of hydrogen-bond acceptors (Lipinski definition) is 2. The van der Waals surface area contributed by atoms with E-state index in [9.17, 15) is 0 Å². The number of benzene rings is 1. The SMILES string of the molecule is Cc1ccc(-c2ncn(C)c2C#N)cc1C. The number of aromatic nitrogens is 2. The molecular weight excluding hydrogens is 198 g/mol. The quantitative estimate of drug-likeness (QED) is 0.727. The third-order valence-electron chi connectivity index (χ3n) is 2.82. The molecule has 3 heteroatoms. The standard InChI is InChI=1S/C13H13N3/c1-9-4-5-11(6-10(9)2)13-12(7-14)16(3)8-15-13/h4-6,8H,1-3H3. The Labute approximate surface area is 95.0 Å². The van der Waals surface area contributed by atoms with Crippen LogP contribution in [0.2, 0.25) is 0 Å². The van der Waals surface area contributed by atoms with E-state index in [2.05, 4.69) is 37.0 Å². The van der Waals surface area contributed by atoms with Crippen LogP contribution in [0.15, 0.2) is 24.5 Å². The van der Waals surface area contributed by atoms with Gasteiger partial charge in [0.2, 0.25) is 0 Å². The molecule has 0 fully saturated rings. The molecule has 16 heavy (non-hydrogen) atoms. The molecule has 0 atom stereocenters. The fraction of sp³-hybridized carbons (Fsp3) is 0.231. The highest BCUT2D eigenvalue weighted by Gasteiger charge is 2.10. The van der Waals surface area contributed by atoms with Crippen molar-refractivity contribution in [3.63, 3.8) is 0 Å². The predicted octanol–water partition coefficient (Wildman–Crippen LogP) is 2.58. The molecule has 0 N–H and O–H groups in total. The lowest BCUT2D eigenvalue weighted by Gasteiger charge is -2.03. The molecule has 0 amide bonds. The monoisotopic (exact) mass is 211 g/mol. The van der Waals surface area contributed by atoms with Gasteiger partial charge in [-0.1, -0.05) is 12.1 Å². The van der Waals surface area contributed by atoms with Gasteiger partial charge < -0.3 is 4.57 Å². The molecule has 0 aliphatic carbocycles. The largest absolute Gasteiger partial charge is 0.325 e. The second-order valence-corrected chi connectivity index (χ2v) is 3.96. The minimum absolute atomic E-state index is 0.600. The molecule has 0 saturated carbocycles. The summed E-state index contributed by atoms with van der Waals surface area (Å²) in [5.41, 5.74) is 4.82. The van der Waals surface area contributed by atoms with Crippen LogP contribution in [0.5, 0.6) is 0 Å². The van der Waals surface area contributed by atoms with E-state index in [0.717, 1.165) is 11.3 Å². The van der Waals surface area contributed by atoms with Crippen LogP contribution in [0.1, 0.15) is 16.8 Å². The van der Waals surface area contributed by atoms with Crippen molar-refractivity contribution in [2.45, 2.75) is 13.8 Å². The minimum Gasteiger partial charge on any atom is -0.325 e. The summed E-state index contributed by atoms with van der Waals surface area (Å²) < 4.78 is 1.74. The number of rotatable bonds is 1. The zero-order chi connectivity index (χ0) is 11.7. The molecule has 1 heterocycles. The average Bonchev–Trinajstić information content (AvgIpc) is 2.63. The Hall–Kier alpha value is -2.08. The van der Waals surface area contributed by atoms with Gasteiger partial charge in [-0.15, -0.1) is 0 Å². The zero-order valence-corrected chi connectivity index (χ0v) is 9.65. The van der Waals surface area contributed by atoms with Crippen molar-refractivity contribution in [2.24, 2.45) is 7.05 Å². The van der Waals surface area contributed by atoms with E-state index in [-0.39, 0.29) is 0 Å². The first-order chi connectivity index (χ1) is 7.63. The lowest BCUT2D eigenvalue weighted by molar-refractivity contribution is 0.897. The highest BCUT2D eigenvalue weighted by Crippen LogP contribution is 2.23. The van der Waals surface area contributed by atoms with Crippen molar-refractivity contribution in [1.82, 2.24) is 9.55 Å². The summed E-state index contributed by atoms with van der Waals surface area (Å²) in [5.74, 6) is 0. The summed E-state index contributed by atoms with van der Waals surface area (Å²) in [4.78, 5) is 4.27. The topological polar surface area (TPSA) is 41.6 Å². The summed E-state index contributed by atoms with van der Waals surface area (Å²) in [7, 11) is 1.83. The van der Waals surface area contributed by atoms with E-state index in [1.807, 2.05) is 13.1 Å². The number of imidazole rings is 1. The molecule has 3 nitrogen and oxygen atoms in total. The maximum Gasteiger partial charge on any atom is 0.147 e. The van der Waals surface area contributed by atoms with Gasteiger partial charge in [-0.3, -0.25) is 0 Å². The molecule has 0 unspecified atom stereocenters. The Kier molecular flexibility index (Phi) is 2.49. The van der Waals surface area contributed by atoms with E-state index in [4.69, 9.17) is 5.26 Å². The minimum atomic E-state index is 0.600. The van der Waals surface area contributed by atoms with Crippen LogP contribution in [0.3, 0.4) is 0 Å². The van der Waals surface area contributed by atoms with Gasteiger partial charge >= 0.3 is 0 Å². The number of aryl methyl sites for hydroxylation is 3. The van der Waals surface area contributed by atoms with Crippen LogP contribution in [-0.4, -0.2) is 9.55 Å². The maximum absolute atomic E-state index is 9.06. The van der Waals surface area contributed by atoms with Crippen molar-refractivity contribution in [3.05, 3.63) is 41.3 Å². The lowest BCUT2D eigenvalue weighted by Crippen LogP contribution is -1.91. The predicted molar refractivity (Wildman–Crippen MR) is 62.8 cm³/mol. The van der Waals surface area contributed by atoms with Crippen LogP contribution in [-0.2, 0) is 7.05 Å². The Morgan fingerprint density at radius 1 is 1.25 bits per heavy atom. The van der Waals surface area contributed by atoms with Crippen molar-refractivity contribution in [3.8, 4) is 17.3 Å². The smallest absolute Gasteiger partial charge is 0.147 e. The number of nitriles is 1. The highest BCUT2D eigenvalue weighted by molar-refractivity contribution is 5.66. The van der Waals surface area contributed by atoms with Crippen molar-refractivity contribution in [1.29, 1.82) is 5.26 Å². The van der Waals surface area contributed by atoms with Crippen LogP contribution >= 0.6 is 0 Å². The highest BCUT2D eigenvalue weighted by atomic mass is 15.0. The van der Waals surface area contributed by atoms with Crippen molar-refractivity contribution < 1.29 is 0 Å². The molecule has 0 saturated heterocycles. The van der Waals surface area contributed by atoms with Crippen LogP contribution in [0.25, 0.3) is 11.3 Å². The molecule has 2 aromatic rings. The first-order valence-electron chi connectivity index (χ1n) is 5.12. The third-order valence-corrected chi connectivity index (χ3v) is 2.82. The Morgan fingerprint density at radius 2 is 2.00 bits per heavy atom. The number of hydrogen-bond donors (Lipinski definition) is 0. The summed E-state index contributed by atoms with van der Waals surface area (Å²) in [5, 5.41) is 9.06. The summed E-state index contributed by atoms with van der Waals surface area (Å²) in [6, 6.07) is 8.31. The van der Waals surface area contributed by atoms with Gasteiger partial charge in [0.1, 0.15) is 17.5 Å². The molecule has 1 aromatic carbocycles. The zero-order valence-electron chi connectivity index (χ0n) is 9.65. The van der Waals surface area contributed by atoms with Gasteiger partial charge in [0.25, 0.3) is 0 Å². The fourth-order valence-electron chi connectivity index (χ4n) is 1.66. The van der Waals surface area contributed by atoms with Gasteiger partial charge in [-0.05, 0) is 31.0 Å². The van der Waals surface area contributed by atoms with Crippen LogP contribution < -0.4 is 0 Å². The Bertz CT molecular complexity index is 573. The normalized spacial score (nSPS) is 10.1. The molecular formula is C13H13N3. The summed E-state index contributed by atoms with van der Waals surface area (Å²) in [6.07, 6.45) is 1.67. The van der Waals surface area contributed by atoms with Crippen molar-refractivity contribution in [2.75, 3.05) is 0 Å². The van der Waals surface area contributed by atoms with E-state index in [1.54, 1.807) is 10.9 Å². The van der Waals surface area contributed by atoms with Crippen molar-refractivity contribution >= 4 is 0 Å². The molecule has 0 aliphatic rings. The first kappa shape index (κ1) is 10.4. The molecule has 0 aliphatic heterocycles. The van der Waals surface area contributed by atoms with E-state index < -0.39 is 0 Å². The van der Waals surface area contributed by atoms with Gasteiger partial charge in [-0.25, -0.2) is 4.98 Å². The van der Waals surface area contributed by atoms with Gasteiger partial charge in [0, 0.05) is 12.6 Å². The van der Waals surface area contributed by atoms with E-state index >= 15 is 0 Å². The fourth-order valence-corrected chi connectivity index (χ4v) is 1.66. The van der Waals surface area contributed by atoms with E-state index in [0.29, 0.717) is 5.69 Å². The van der Waals surface area contributed by atoms with Crippen LogP contribution in [0.4, 0.5) is 0 Å². The second-order valence-electron chi connectivity index (χ2n) is 3.96. The summed E-state index contributed by atoms with van der Waals surface area (Å²) in [6.45, 7) is 4.14. The number of nitrogens with zero attached hydrogens (tertiary/aromatic N) is 3. The lowest BCUT2D eigenvalue weighted by atomic mass is 10.0. The van der Waals surface area contributed by atoms with Gasteiger partial charge in [0.15, 0.2) is 0 Å². The molecule has 2 rings (SSSR count). The Balaban J connectivity index is 2.60. The molecule has 1 aromatic heterocycles. The summed E-state index contributed by atoms with van der Waals surface area (Å²) >= 11 is 0. The van der Waals surface area contributed by atoms with Gasteiger partial charge in [-0.2, -0.15) is 5.26 Å². The average molecular weight is 211 g/mol. The molecule has 0 spiro atoms. The first-order valence-corrected chi connectivity index (χ1v) is 5.12. The second kappa shape index (κ2) is 3.82. The van der Waals surface area contributed by atoms with Crippen LogP contribution in [0, 0.1) is 25.2 Å². The Morgan fingerprint density at radius 3 is 2.62 bits per heavy atom. The molecule has 80 valence electrons. The molecule has 0 radical (unpaired) electrons. The molecule has 0 bridgehead atoms.